The molecule has 0 radical (unpaired) electrons. The fourth-order valence-electron chi connectivity index (χ4n) is 1.59. The minimum absolute atomic E-state index is 0.144. The average Bonchev–Trinajstić information content (AvgIpc) is 2.25. The van der Waals surface area contributed by atoms with Crippen molar-refractivity contribution in [3.05, 3.63) is 29.3 Å². The highest BCUT2D eigenvalue weighted by atomic mass is 16.5. The minimum Gasteiger partial charge on any atom is -0.494 e. The molecule has 0 aliphatic heterocycles. The third kappa shape index (κ3) is 3.24. The van der Waals surface area contributed by atoms with E-state index in [1.165, 1.54) is 11.1 Å². The van der Waals surface area contributed by atoms with Gasteiger partial charge in [0.05, 0.1) is 6.61 Å². The van der Waals surface area contributed by atoms with Crippen LogP contribution in [-0.4, -0.2) is 6.61 Å². The molecule has 0 saturated heterocycles. The van der Waals surface area contributed by atoms with Crippen molar-refractivity contribution >= 4 is 0 Å². The first-order valence-corrected chi connectivity index (χ1v) is 5.68. The first kappa shape index (κ1) is 12.1. The van der Waals surface area contributed by atoms with Crippen molar-refractivity contribution in [3.8, 4) is 5.75 Å². The molecule has 1 rings (SSSR count). The van der Waals surface area contributed by atoms with Crippen LogP contribution in [0.15, 0.2) is 18.2 Å². The summed E-state index contributed by atoms with van der Waals surface area (Å²) in [6.07, 6.45) is 2.01. The van der Waals surface area contributed by atoms with Crippen LogP contribution in [0.1, 0.15) is 43.9 Å². The second-order valence-corrected chi connectivity index (χ2v) is 3.88. The monoisotopic (exact) mass is 207 g/mol. The van der Waals surface area contributed by atoms with Gasteiger partial charge in [-0.2, -0.15) is 0 Å². The molecule has 1 aromatic carbocycles. The number of ether oxygens (including phenoxy) is 1. The van der Waals surface area contributed by atoms with E-state index in [1.54, 1.807) is 0 Å². The Morgan fingerprint density at radius 3 is 2.60 bits per heavy atom. The van der Waals surface area contributed by atoms with Crippen LogP contribution in [0.25, 0.3) is 0 Å². The third-order valence-corrected chi connectivity index (χ3v) is 2.55. The molecule has 0 bridgehead atoms. The normalized spacial score (nSPS) is 12.5. The van der Waals surface area contributed by atoms with Gasteiger partial charge in [0.1, 0.15) is 5.75 Å². The standard InChI is InChI=1S/C13H21NO/c1-4-8-15-11-6-7-12(10(3)9-11)13(14)5-2/h6-7,9,13H,4-5,8,14H2,1-3H3. The molecule has 0 aliphatic rings. The van der Waals surface area contributed by atoms with Gasteiger partial charge in [0.15, 0.2) is 0 Å². The molecule has 0 heterocycles. The third-order valence-electron chi connectivity index (χ3n) is 2.55. The highest BCUT2D eigenvalue weighted by Gasteiger charge is 2.07. The maximum absolute atomic E-state index is 6.00. The van der Waals surface area contributed by atoms with Crippen molar-refractivity contribution < 1.29 is 4.74 Å². The van der Waals surface area contributed by atoms with Gasteiger partial charge >= 0.3 is 0 Å². The predicted octanol–water partition coefficient (Wildman–Crippen LogP) is 3.19. The number of hydrogen-bond donors (Lipinski definition) is 1. The molecule has 0 aromatic heterocycles. The van der Waals surface area contributed by atoms with Gasteiger partial charge in [0.2, 0.25) is 0 Å². The van der Waals surface area contributed by atoms with Crippen LogP contribution in [0.5, 0.6) is 5.75 Å². The van der Waals surface area contributed by atoms with Crippen LogP contribution < -0.4 is 10.5 Å². The molecule has 0 spiro atoms. The lowest BCUT2D eigenvalue weighted by atomic mass is 10.00. The molecule has 1 unspecified atom stereocenters. The average molecular weight is 207 g/mol. The Morgan fingerprint density at radius 1 is 1.33 bits per heavy atom. The lowest BCUT2D eigenvalue weighted by Crippen LogP contribution is -2.10. The fourth-order valence-corrected chi connectivity index (χ4v) is 1.59. The Morgan fingerprint density at radius 2 is 2.07 bits per heavy atom. The van der Waals surface area contributed by atoms with E-state index in [2.05, 4.69) is 32.9 Å². The Hall–Kier alpha value is -1.02. The van der Waals surface area contributed by atoms with Crippen molar-refractivity contribution in [2.24, 2.45) is 5.73 Å². The SMILES string of the molecule is CCCOc1ccc(C(N)CC)c(C)c1. The van der Waals surface area contributed by atoms with Gasteiger partial charge in [-0.25, -0.2) is 0 Å². The van der Waals surface area contributed by atoms with Crippen LogP contribution in [0.4, 0.5) is 0 Å². The molecule has 15 heavy (non-hydrogen) atoms. The Balaban J connectivity index is 2.78. The second-order valence-electron chi connectivity index (χ2n) is 3.88. The van der Waals surface area contributed by atoms with Crippen molar-refractivity contribution in [2.45, 2.75) is 39.7 Å². The molecule has 1 aromatic rings. The molecular formula is C13H21NO. The maximum Gasteiger partial charge on any atom is 0.119 e. The molecule has 2 heteroatoms. The second kappa shape index (κ2) is 5.76. The van der Waals surface area contributed by atoms with Gasteiger partial charge in [-0.15, -0.1) is 0 Å². The summed E-state index contributed by atoms with van der Waals surface area (Å²) >= 11 is 0. The molecule has 2 N–H and O–H groups in total. The van der Waals surface area contributed by atoms with E-state index in [-0.39, 0.29) is 6.04 Å². The fraction of sp³-hybridized carbons (Fsp3) is 0.538. The lowest BCUT2D eigenvalue weighted by Gasteiger charge is -2.14. The van der Waals surface area contributed by atoms with E-state index < -0.39 is 0 Å². The van der Waals surface area contributed by atoms with Gasteiger partial charge in [0, 0.05) is 6.04 Å². The summed E-state index contributed by atoms with van der Waals surface area (Å²) in [5.74, 6) is 0.946. The summed E-state index contributed by atoms with van der Waals surface area (Å²) in [7, 11) is 0. The summed E-state index contributed by atoms with van der Waals surface area (Å²) < 4.78 is 5.56. The Bertz CT molecular complexity index is 309. The molecule has 2 nitrogen and oxygen atoms in total. The zero-order valence-corrected chi connectivity index (χ0v) is 9.92. The quantitative estimate of drug-likeness (QED) is 0.804. The Kier molecular flexibility index (Phi) is 4.63. The predicted molar refractivity (Wildman–Crippen MR) is 64.2 cm³/mol. The molecule has 0 fully saturated rings. The summed E-state index contributed by atoms with van der Waals surface area (Å²) in [4.78, 5) is 0. The first-order valence-electron chi connectivity index (χ1n) is 5.68. The minimum atomic E-state index is 0.144. The Labute approximate surface area is 92.4 Å². The van der Waals surface area contributed by atoms with Gasteiger partial charge in [-0.3, -0.25) is 0 Å². The van der Waals surface area contributed by atoms with Crippen molar-refractivity contribution in [3.63, 3.8) is 0 Å². The van der Waals surface area contributed by atoms with E-state index >= 15 is 0 Å². The molecule has 0 saturated carbocycles. The van der Waals surface area contributed by atoms with Crippen LogP contribution in [0.2, 0.25) is 0 Å². The van der Waals surface area contributed by atoms with Gasteiger partial charge in [0.25, 0.3) is 0 Å². The maximum atomic E-state index is 6.00. The van der Waals surface area contributed by atoms with E-state index in [0.29, 0.717) is 0 Å². The molecule has 0 aliphatic carbocycles. The van der Waals surface area contributed by atoms with Crippen LogP contribution >= 0.6 is 0 Å². The molecule has 84 valence electrons. The largest absolute Gasteiger partial charge is 0.494 e. The number of benzene rings is 1. The summed E-state index contributed by atoms with van der Waals surface area (Å²) in [6, 6.07) is 6.30. The van der Waals surface area contributed by atoms with E-state index in [1.807, 2.05) is 6.07 Å². The van der Waals surface area contributed by atoms with Crippen molar-refractivity contribution in [1.82, 2.24) is 0 Å². The van der Waals surface area contributed by atoms with Crippen LogP contribution in [-0.2, 0) is 0 Å². The zero-order valence-electron chi connectivity index (χ0n) is 9.92. The van der Waals surface area contributed by atoms with Gasteiger partial charge in [-0.05, 0) is 43.0 Å². The topological polar surface area (TPSA) is 35.2 Å². The van der Waals surface area contributed by atoms with Crippen LogP contribution in [0, 0.1) is 6.92 Å². The number of rotatable bonds is 5. The number of aryl methyl sites for hydroxylation is 1. The highest BCUT2D eigenvalue weighted by Crippen LogP contribution is 2.23. The summed E-state index contributed by atoms with van der Waals surface area (Å²) in [5, 5.41) is 0. The smallest absolute Gasteiger partial charge is 0.119 e. The molecular weight excluding hydrogens is 186 g/mol. The zero-order chi connectivity index (χ0) is 11.3. The highest BCUT2D eigenvalue weighted by molar-refractivity contribution is 5.36. The molecule has 0 amide bonds. The van der Waals surface area contributed by atoms with Crippen LogP contribution in [0.3, 0.4) is 0 Å². The molecule has 1 atom stereocenters. The van der Waals surface area contributed by atoms with E-state index in [0.717, 1.165) is 25.2 Å². The summed E-state index contributed by atoms with van der Waals surface area (Å²) in [5.41, 5.74) is 8.45. The lowest BCUT2D eigenvalue weighted by molar-refractivity contribution is 0.317. The van der Waals surface area contributed by atoms with Crippen molar-refractivity contribution in [2.75, 3.05) is 6.61 Å². The van der Waals surface area contributed by atoms with Gasteiger partial charge in [-0.1, -0.05) is 19.9 Å². The number of hydrogen-bond acceptors (Lipinski definition) is 2. The van der Waals surface area contributed by atoms with E-state index in [9.17, 15) is 0 Å². The van der Waals surface area contributed by atoms with Crippen molar-refractivity contribution in [1.29, 1.82) is 0 Å². The van der Waals surface area contributed by atoms with E-state index in [4.69, 9.17) is 10.5 Å². The number of nitrogens with two attached hydrogens (primary N) is 1. The van der Waals surface area contributed by atoms with Gasteiger partial charge < -0.3 is 10.5 Å². The first-order chi connectivity index (χ1) is 7.19. The summed E-state index contributed by atoms with van der Waals surface area (Å²) in [6.45, 7) is 7.07.